The zero-order valence-corrected chi connectivity index (χ0v) is 9.81. The van der Waals surface area contributed by atoms with Crippen molar-refractivity contribution in [3.8, 4) is 0 Å². The minimum atomic E-state index is 0. The molecule has 6 heteroatoms. The average Bonchev–Trinajstić information content (AvgIpc) is 0. The van der Waals surface area contributed by atoms with Crippen molar-refractivity contribution in [1.29, 1.82) is 0 Å². The summed E-state index contributed by atoms with van der Waals surface area (Å²) < 4.78 is 0. The van der Waals surface area contributed by atoms with Crippen LogP contribution in [0.2, 0.25) is 0 Å². The Balaban J connectivity index is 0. The van der Waals surface area contributed by atoms with Crippen LogP contribution in [0.5, 0.6) is 0 Å². The standard InChI is InChI=1S/B.Fe.Ge.Mn.H3P.Si/h;;;;1H3;. The van der Waals surface area contributed by atoms with E-state index in [1.807, 2.05) is 0 Å². The molecule has 0 fully saturated rings. The molecule has 1 unspecified atom stereocenters. The first kappa shape index (κ1) is 83.9. The van der Waals surface area contributed by atoms with Crippen molar-refractivity contribution in [2.45, 2.75) is 0 Å². The minimum absolute atomic E-state index is 0. The summed E-state index contributed by atoms with van der Waals surface area (Å²) in [5.74, 6) is 0. The van der Waals surface area contributed by atoms with E-state index >= 15 is 0 Å². The van der Waals surface area contributed by atoms with Gasteiger partial charge in [-0.3, -0.25) is 0 Å². The van der Waals surface area contributed by atoms with E-state index in [0.29, 0.717) is 0 Å². The van der Waals surface area contributed by atoms with Gasteiger partial charge in [0.1, 0.15) is 0 Å². The third-order valence-corrected chi connectivity index (χ3v) is 0. The van der Waals surface area contributed by atoms with E-state index in [4.69, 9.17) is 0 Å². The van der Waals surface area contributed by atoms with Gasteiger partial charge in [0, 0.05) is 71.1 Å². The number of hydrogen-bond donors (Lipinski definition) is 0. The van der Waals surface area contributed by atoms with Gasteiger partial charge in [0.05, 0.1) is 0 Å². The van der Waals surface area contributed by atoms with Crippen LogP contribution in [0.1, 0.15) is 0 Å². The number of hydrogen-bond acceptors (Lipinski definition) is 0. The molecule has 1 atom stereocenters. The molecule has 12 radical (unpaired) electrons. The summed E-state index contributed by atoms with van der Waals surface area (Å²) >= 11 is 0. The maximum absolute atomic E-state index is 0. The molecule has 0 rings (SSSR count). The molecular formula is H3BFeGeMnPSi. The van der Waals surface area contributed by atoms with Crippen LogP contribution in [0.3, 0.4) is 0 Å². The molecule has 0 saturated carbocycles. The van der Waals surface area contributed by atoms with E-state index in [1.54, 1.807) is 0 Å². The van der Waals surface area contributed by atoms with Crippen LogP contribution in [0, 0.1) is 0 Å². The van der Waals surface area contributed by atoms with E-state index in [2.05, 4.69) is 0 Å². The monoisotopic (exact) mass is 258 g/mol. The van der Waals surface area contributed by atoms with Crippen LogP contribution in [0.4, 0.5) is 0 Å². The Hall–Kier alpha value is 2.29. The normalized spacial score (nSPS) is 0. The van der Waals surface area contributed by atoms with Gasteiger partial charge in [-0.25, -0.2) is 0 Å². The third kappa shape index (κ3) is 33.5. The van der Waals surface area contributed by atoms with E-state index in [9.17, 15) is 0 Å². The molecule has 0 aliphatic carbocycles. The van der Waals surface area contributed by atoms with Crippen molar-refractivity contribution in [2.24, 2.45) is 0 Å². The topological polar surface area (TPSA) is 0 Å². The van der Waals surface area contributed by atoms with E-state index in [1.165, 1.54) is 0 Å². The largest absolute Gasteiger partial charge is 0.153 e. The maximum atomic E-state index is 0. The molecule has 0 aromatic heterocycles. The number of rotatable bonds is 0. The van der Waals surface area contributed by atoms with Crippen LogP contribution in [-0.4, -0.2) is 37.0 Å². The van der Waals surface area contributed by atoms with Crippen molar-refractivity contribution in [3.05, 3.63) is 0 Å². The summed E-state index contributed by atoms with van der Waals surface area (Å²) in [4.78, 5) is 0. The molecule has 0 spiro atoms. The molecule has 0 saturated heterocycles. The van der Waals surface area contributed by atoms with Crippen molar-refractivity contribution in [2.75, 3.05) is 0 Å². The maximum Gasteiger partial charge on any atom is 0 e. The van der Waals surface area contributed by atoms with Crippen LogP contribution in [-0.2, 0) is 34.1 Å². The Morgan fingerprint density at radius 1 is 1.00 bits per heavy atom. The van der Waals surface area contributed by atoms with Crippen LogP contribution in [0.25, 0.3) is 0 Å². The molecule has 0 heterocycles. The molecule has 6 heavy (non-hydrogen) atoms. The molecule has 0 aromatic carbocycles. The Bertz CT molecular complexity index is 15.5. The molecule has 0 N–H and O–H groups in total. The van der Waals surface area contributed by atoms with Crippen LogP contribution in [0.15, 0.2) is 0 Å². The van der Waals surface area contributed by atoms with E-state index in [0.717, 1.165) is 0 Å². The van der Waals surface area contributed by atoms with Crippen molar-refractivity contribution >= 4 is 46.9 Å². The summed E-state index contributed by atoms with van der Waals surface area (Å²) in [6.07, 6.45) is 0. The second-order valence-electron chi connectivity index (χ2n) is 0. The fraction of sp³-hybridized carbons (Fsp3) is 0. The molecule has 0 aliphatic heterocycles. The summed E-state index contributed by atoms with van der Waals surface area (Å²) in [5.41, 5.74) is 0. The van der Waals surface area contributed by atoms with Gasteiger partial charge in [-0.15, -0.1) is 0 Å². The van der Waals surface area contributed by atoms with Gasteiger partial charge < -0.3 is 0 Å². The molecule has 0 amide bonds. The molecule has 34 valence electrons. The fourth-order valence-electron chi connectivity index (χ4n) is 0. The quantitative estimate of drug-likeness (QED) is 0.382. The summed E-state index contributed by atoms with van der Waals surface area (Å²) in [7, 11) is 0. The Kier molecular flexibility index (Phi) is 768. The Morgan fingerprint density at radius 3 is 1.00 bits per heavy atom. The SMILES string of the molecule is P.[B].[Fe].[Ge].[Mn].[Si]. The van der Waals surface area contributed by atoms with Gasteiger partial charge in [-0.1, -0.05) is 0 Å². The van der Waals surface area contributed by atoms with Gasteiger partial charge in [0.15, 0.2) is 0 Å². The van der Waals surface area contributed by atoms with Crippen molar-refractivity contribution in [3.63, 3.8) is 0 Å². The van der Waals surface area contributed by atoms with Gasteiger partial charge in [0.25, 0.3) is 0 Å². The molecule has 0 aliphatic rings. The smallest absolute Gasteiger partial charge is 0 e. The summed E-state index contributed by atoms with van der Waals surface area (Å²) in [5, 5.41) is 0. The van der Waals surface area contributed by atoms with Crippen molar-refractivity contribution in [1.82, 2.24) is 0 Å². The first-order chi connectivity index (χ1) is 0. The third-order valence-electron chi connectivity index (χ3n) is 0. The molecule has 0 aromatic rings. The molecular weight excluding hydrogens is 253 g/mol. The molecule has 0 nitrogen and oxygen atoms in total. The second kappa shape index (κ2) is 54.9. The van der Waals surface area contributed by atoms with Gasteiger partial charge in [-0.05, 0) is 0 Å². The Labute approximate surface area is 80.5 Å². The zero-order valence-electron chi connectivity index (χ0n) is 3.02. The van der Waals surface area contributed by atoms with Gasteiger partial charge >= 0.3 is 0 Å². The van der Waals surface area contributed by atoms with Crippen molar-refractivity contribution < 1.29 is 34.1 Å². The second-order valence-corrected chi connectivity index (χ2v) is 0. The average molecular weight is 256 g/mol. The van der Waals surface area contributed by atoms with Gasteiger partial charge in [0.2, 0.25) is 0 Å². The van der Waals surface area contributed by atoms with E-state index < -0.39 is 0 Å². The zero-order chi connectivity index (χ0) is 0. The molecule has 0 bridgehead atoms. The summed E-state index contributed by atoms with van der Waals surface area (Å²) in [6, 6.07) is 0. The first-order valence-corrected chi connectivity index (χ1v) is 0. The van der Waals surface area contributed by atoms with Crippen LogP contribution < -0.4 is 0 Å². The predicted octanol–water partition coefficient (Wildman–Crippen LogP) is -1.09. The first-order valence-electron chi connectivity index (χ1n) is 0. The Morgan fingerprint density at radius 2 is 1.00 bits per heavy atom. The van der Waals surface area contributed by atoms with Gasteiger partial charge in [-0.2, -0.15) is 9.90 Å². The predicted molar refractivity (Wildman–Crippen MR) is 28.4 cm³/mol. The van der Waals surface area contributed by atoms with Crippen LogP contribution >= 0.6 is 9.90 Å². The fourth-order valence-corrected chi connectivity index (χ4v) is 0. The van der Waals surface area contributed by atoms with E-state index in [-0.39, 0.29) is 81.0 Å². The summed E-state index contributed by atoms with van der Waals surface area (Å²) in [6.45, 7) is 0. The minimum Gasteiger partial charge on any atom is -0.153 e.